The summed E-state index contributed by atoms with van der Waals surface area (Å²) in [7, 11) is 3.21. The number of ether oxygens (including phenoxy) is 1. The molecule has 1 heterocycles. The van der Waals surface area contributed by atoms with Gasteiger partial charge in [0.25, 0.3) is 0 Å². The molecule has 0 saturated carbocycles. The molecule has 0 aliphatic carbocycles. The highest BCUT2D eigenvalue weighted by Gasteiger charge is 2.46. The molecule has 5 nitrogen and oxygen atoms in total. The van der Waals surface area contributed by atoms with E-state index in [2.05, 4.69) is 5.32 Å². The van der Waals surface area contributed by atoms with Gasteiger partial charge in [-0.15, -0.1) is 0 Å². The number of rotatable bonds is 4. The zero-order chi connectivity index (χ0) is 17.1. The van der Waals surface area contributed by atoms with Crippen LogP contribution in [0.15, 0.2) is 24.3 Å². The summed E-state index contributed by atoms with van der Waals surface area (Å²) in [5.41, 5.74) is 0.926. The van der Waals surface area contributed by atoms with E-state index in [1.54, 1.807) is 6.07 Å². The SMILES string of the molecule is COC(=O)[C@@H]1C[C@H](C(=O)NC(C)C)[C@H](c2cccc(Cl)c2)N1C. The highest BCUT2D eigenvalue weighted by atomic mass is 35.5. The average Bonchev–Trinajstić information content (AvgIpc) is 2.83. The van der Waals surface area contributed by atoms with Crippen molar-refractivity contribution in [3.05, 3.63) is 34.9 Å². The van der Waals surface area contributed by atoms with Crippen LogP contribution in [0.1, 0.15) is 31.9 Å². The minimum absolute atomic E-state index is 0.0463. The molecule has 1 aromatic carbocycles. The van der Waals surface area contributed by atoms with Gasteiger partial charge in [-0.05, 0) is 45.0 Å². The van der Waals surface area contributed by atoms with E-state index in [0.717, 1.165) is 5.56 Å². The van der Waals surface area contributed by atoms with Crippen molar-refractivity contribution in [1.82, 2.24) is 10.2 Å². The topological polar surface area (TPSA) is 58.6 Å². The number of likely N-dealkylation sites (tertiary alicyclic amines) is 1. The maximum Gasteiger partial charge on any atom is 0.323 e. The fourth-order valence-electron chi connectivity index (χ4n) is 3.21. The summed E-state index contributed by atoms with van der Waals surface area (Å²) in [6, 6.07) is 6.82. The molecular formula is C17H23ClN2O3. The second-order valence-corrected chi connectivity index (χ2v) is 6.65. The largest absolute Gasteiger partial charge is 0.468 e. The minimum Gasteiger partial charge on any atom is -0.468 e. The summed E-state index contributed by atoms with van der Waals surface area (Å²) in [4.78, 5) is 26.5. The van der Waals surface area contributed by atoms with Gasteiger partial charge >= 0.3 is 5.97 Å². The van der Waals surface area contributed by atoms with Crippen LogP contribution >= 0.6 is 11.6 Å². The van der Waals surface area contributed by atoms with Crippen LogP contribution < -0.4 is 5.32 Å². The molecule has 0 radical (unpaired) electrons. The molecule has 0 unspecified atom stereocenters. The van der Waals surface area contributed by atoms with Gasteiger partial charge in [-0.1, -0.05) is 23.7 Å². The van der Waals surface area contributed by atoms with Gasteiger partial charge in [0.05, 0.1) is 13.0 Å². The van der Waals surface area contributed by atoms with Crippen molar-refractivity contribution in [2.45, 2.75) is 38.4 Å². The lowest BCUT2D eigenvalue weighted by molar-refractivity contribution is -0.145. The van der Waals surface area contributed by atoms with E-state index < -0.39 is 6.04 Å². The van der Waals surface area contributed by atoms with Crippen LogP contribution in [0.3, 0.4) is 0 Å². The number of benzene rings is 1. The van der Waals surface area contributed by atoms with Crippen molar-refractivity contribution >= 4 is 23.5 Å². The van der Waals surface area contributed by atoms with Gasteiger partial charge in [-0.25, -0.2) is 0 Å². The number of hydrogen-bond acceptors (Lipinski definition) is 4. The van der Waals surface area contributed by atoms with E-state index in [1.165, 1.54) is 7.11 Å². The number of amides is 1. The van der Waals surface area contributed by atoms with Crippen LogP contribution in [-0.4, -0.2) is 43.0 Å². The predicted molar refractivity (Wildman–Crippen MR) is 89.1 cm³/mol. The molecule has 1 amide bonds. The van der Waals surface area contributed by atoms with E-state index in [-0.39, 0.29) is 29.9 Å². The summed E-state index contributed by atoms with van der Waals surface area (Å²) in [6.07, 6.45) is 0.429. The van der Waals surface area contributed by atoms with Gasteiger partial charge in [0.2, 0.25) is 5.91 Å². The van der Waals surface area contributed by atoms with Crippen molar-refractivity contribution < 1.29 is 14.3 Å². The highest BCUT2D eigenvalue weighted by Crippen LogP contribution is 2.41. The molecule has 1 N–H and O–H groups in total. The fraction of sp³-hybridized carbons (Fsp3) is 0.529. The molecule has 3 atom stereocenters. The van der Waals surface area contributed by atoms with Crippen molar-refractivity contribution in [2.75, 3.05) is 14.2 Å². The number of esters is 1. The Morgan fingerprint density at radius 3 is 2.65 bits per heavy atom. The minimum atomic E-state index is -0.438. The first-order valence-corrected chi connectivity index (χ1v) is 8.08. The Labute approximate surface area is 141 Å². The monoisotopic (exact) mass is 338 g/mol. The zero-order valence-electron chi connectivity index (χ0n) is 13.9. The first kappa shape index (κ1) is 17.8. The Morgan fingerprint density at radius 2 is 2.09 bits per heavy atom. The number of carbonyl (C=O) groups is 2. The van der Waals surface area contributed by atoms with E-state index in [4.69, 9.17) is 16.3 Å². The number of methoxy groups -OCH3 is 1. The number of likely N-dealkylation sites (N-methyl/N-ethyl adjacent to an activating group) is 1. The standard InChI is InChI=1S/C17H23ClN2O3/c1-10(2)19-16(21)13-9-14(17(22)23-4)20(3)15(13)11-6-5-7-12(18)8-11/h5-8,10,13-15H,9H2,1-4H3,(H,19,21)/t13-,14-,15-/m0/s1. The lowest BCUT2D eigenvalue weighted by Crippen LogP contribution is -2.38. The smallest absolute Gasteiger partial charge is 0.323 e. The lowest BCUT2D eigenvalue weighted by atomic mass is 9.92. The van der Waals surface area contributed by atoms with Crippen LogP contribution in [0.2, 0.25) is 5.02 Å². The molecule has 2 rings (SSSR count). The number of carbonyl (C=O) groups excluding carboxylic acids is 2. The molecule has 1 aromatic rings. The van der Waals surface area contributed by atoms with E-state index >= 15 is 0 Å². The fourth-order valence-corrected chi connectivity index (χ4v) is 3.41. The number of nitrogens with zero attached hydrogens (tertiary/aromatic N) is 1. The van der Waals surface area contributed by atoms with E-state index in [9.17, 15) is 9.59 Å². The summed E-state index contributed by atoms with van der Waals surface area (Å²) >= 11 is 6.10. The Morgan fingerprint density at radius 1 is 1.39 bits per heavy atom. The highest BCUT2D eigenvalue weighted by molar-refractivity contribution is 6.30. The van der Waals surface area contributed by atoms with Gasteiger partial charge < -0.3 is 10.1 Å². The molecule has 0 spiro atoms. The zero-order valence-corrected chi connectivity index (χ0v) is 14.6. The van der Waals surface area contributed by atoms with Gasteiger partial charge in [-0.2, -0.15) is 0 Å². The molecule has 126 valence electrons. The van der Waals surface area contributed by atoms with E-state index in [0.29, 0.717) is 11.4 Å². The summed E-state index contributed by atoms with van der Waals surface area (Å²) in [5.74, 6) is -0.701. The number of nitrogens with one attached hydrogen (secondary N) is 1. The molecular weight excluding hydrogens is 316 g/mol. The lowest BCUT2D eigenvalue weighted by Gasteiger charge is -2.27. The van der Waals surface area contributed by atoms with Gasteiger partial charge in [0.1, 0.15) is 6.04 Å². The normalized spacial score (nSPS) is 24.7. The average molecular weight is 339 g/mol. The Kier molecular flexibility index (Phi) is 5.65. The predicted octanol–water partition coefficient (Wildman–Crippen LogP) is 2.40. The molecule has 6 heteroatoms. The molecule has 1 fully saturated rings. The number of hydrogen-bond donors (Lipinski definition) is 1. The Balaban J connectivity index is 2.36. The molecule has 1 aliphatic rings. The second-order valence-electron chi connectivity index (χ2n) is 6.21. The molecule has 23 heavy (non-hydrogen) atoms. The third kappa shape index (κ3) is 3.85. The second kappa shape index (κ2) is 7.32. The van der Waals surface area contributed by atoms with Crippen LogP contribution in [0, 0.1) is 5.92 Å². The quantitative estimate of drug-likeness (QED) is 0.856. The van der Waals surface area contributed by atoms with Crippen molar-refractivity contribution in [2.24, 2.45) is 5.92 Å². The van der Waals surface area contributed by atoms with Crippen molar-refractivity contribution in [1.29, 1.82) is 0 Å². The third-order valence-corrected chi connectivity index (χ3v) is 4.45. The molecule has 0 aromatic heterocycles. The van der Waals surface area contributed by atoms with Gasteiger partial charge in [0.15, 0.2) is 0 Å². The molecule has 1 aliphatic heterocycles. The van der Waals surface area contributed by atoms with Gasteiger partial charge in [0, 0.05) is 17.1 Å². The van der Waals surface area contributed by atoms with Crippen LogP contribution in [0.5, 0.6) is 0 Å². The number of halogens is 1. The van der Waals surface area contributed by atoms with Gasteiger partial charge in [-0.3, -0.25) is 14.5 Å². The maximum atomic E-state index is 12.6. The Bertz CT molecular complexity index is 591. The summed E-state index contributed by atoms with van der Waals surface area (Å²) < 4.78 is 4.88. The third-order valence-electron chi connectivity index (χ3n) is 4.22. The molecule has 0 bridgehead atoms. The van der Waals surface area contributed by atoms with Crippen molar-refractivity contribution in [3.63, 3.8) is 0 Å². The van der Waals surface area contributed by atoms with Crippen LogP contribution in [-0.2, 0) is 14.3 Å². The van der Waals surface area contributed by atoms with E-state index in [1.807, 2.05) is 44.0 Å². The molecule has 1 saturated heterocycles. The summed E-state index contributed by atoms with van der Waals surface area (Å²) in [5, 5.41) is 3.56. The van der Waals surface area contributed by atoms with Crippen LogP contribution in [0.25, 0.3) is 0 Å². The maximum absolute atomic E-state index is 12.6. The first-order valence-electron chi connectivity index (χ1n) is 7.70. The summed E-state index contributed by atoms with van der Waals surface area (Å²) in [6.45, 7) is 3.84. The van der Waals surface area contributed by atoms with Crippen molar-refractivity contribution in [3.8, 4) is 0 Å². The van der Waals surface area contributed by atoms with Crippen LogP contribution in [0.4, 0.5) is 0 Å². The Hall–Kier alpha value is -1.59. The first-order chi connectivity index (χ1) is 10.8.